The predicted octanol–water partition coefficient (Wildman–Crippen LogP) is 0.336. The second-order valence-corrected chi connectivity index (χ2v) is 4.16. The van der Waals surface area contributed by atoms with E-state index in [0.717, 1.165) is 32.1 Å². The van der Waals surface area contributed by atoms with Crippen LogP contribution in [0.3, 0.4) is 0 Å². The van der Waals surface area contributed by atoms with E-state index < -0.39 is 17.6 Å². The quantitative estimate of drug-likeness (QED) is 0.675. The molecular formula is C11H18N2O3. The Bertz CT molecular complexity index is 279. The van der Waals surface area contributed by atoms with E-state index >= 15 is 0 Å². The van der Waals surface area contributed by atoms with E-state index in [1.165, 1.54) is 7.11 Å². The average Bonchev–Trinajstić information content (AvgIpc) is 2.36. The second kappa shape index (κ2) is 5.83. The summed E-state index contributed by atoms with van der Waals surface area (Å²) < 4.78 is 4.56. The molecule has 1 rings (SSSR count). The molecule has 0 aliphatic heterocycles. The number of nitrogens with one attached hydrogen (secondary N) is 1. The first-order valence-electron chi connectivity index (χ1n) is 5.55. The van der Waals surface area contributed by atoms with Gasteiger partial charge in [-0.1, -0.05) is 19.3 Å². The van der Waals surface area contributed by atoms with Crippen molar-refractivity contribution in [2.75, 3.05) is 13.7 Å². The van der Waals surface area contributed by atoms with E-state index in [2.05, 4.69) is 16.1 Å². The van der Waals surface area contributed by atoms with E-state index in [1.54, 1.807) is 0 Å². The van der Waals surface area contributed by atoms with E-state index in [4.69, 9.17) is 5.11 Å². The van der Waals surface area contributed by atoms with Crippen LogP contribution in [-0.4, -0.2) is 36.4 Å². The summed E-state index contributed by atoms with van der Waals surface area (Å²) in [4.78, 5) is 11.3. The second-order valence-electron chi connectivity index (χ2n) is 4.16. The van der Waals surface area contributed by atoms with Gasteiger partial charge in [0.1, 0.15) is 11.6 Å². The number of carbonyl (C=O) groups excluding carboxylic acids is 1. The number of nitriles is 1. The Morgan fingerprint density at radius 1 is 1.56 bits per heavy atom. The molecule has 2 N–H and O–H groups in total. The normalized spacial score (nSPS) is 20.8. The summed E-state index contributed by atoms with van der Waals surface area (Å²) in [5, 5.41) is 21.2. The van der Waals surface area contributed by atoms with Crippen molar-refractivity contribution < 1.29 is 14.6 Å². The Hall–Kier alpha value is -1.12. The highest BCUT2D eigenvalue weighted by atomic mass is 16.5. The molecule has 16 heavy (non-hydrogen) atoms. The predicted molar refractivity (Wildman–Crippen MR) is 57.5 cm³/mol. The molecule has 1 aliphatic carbocycles. The molecule has 5 heteroatoms. The molecule has 1 saturated carbocycles. The summed E-state index contributed by atoms with van der Waals surface area (Å²) in [6, 6.07) is 1.43. The molecule has 0 heterocycles. The van der Waals surface area contributed by atoms with Gasteiger partial charge in [-0.05, 0) is 12.8 Å². The lowest BCUT2D eigenvalue weighted by Gasteiger charge is -2.34. The SMILES string of the molecule is COC(=O)[C@H](CO)NC1(C#N)CCCCC1. The molecule has 0 spiro atoms. The minimum Gasteiger partial charge on any atom is -0.468 e. The Kier molecular flexibility index (Phi) is 4.71. The standard InChI is InChI=1S/C11H18N2O3/c1-16-10(15)9(7-14)13-11(8-12)5-3-2-4-6-11/h9,13-14H,2-7H2,1H3/t9-/m0/s1. The molecule has 0 bridgehead atoms. The summed E-state index contributed by atoms with van der Waals surface area (Å²) in [5.74, 6) is -0.525. The van der Waals surface area contributed by atoms with E-state index in [0.29, 0.717) is 0 Å². The van der Waals surface area contributed by atoms with Crippen LogP contribution in [0.2, 0.25) is 0 Å². The number of carbonyl (C=O) groups is 1. The topological polar surface area (TPSA) is 82.3 Å². The van der Waals surface area contributed by atoms with E-state index in [9.17, 15) is 10.1 Å². The Morgan fingerprint density at radius 2 is 2.19 bits per heavy atom. The zero-order chi connectivity index (χ0) is 12.0. The fourth-order valence-electron chi connectivity index (χ4n) is 2.10. The van der Waals surface area contributed by atoms with Crippen molar-refractivity contribution in [1.82, 2.24) is 5.32 Å². The van der Waals surface area contributed by atoms with Gasteiger partial charge in [-0.2, -0.15) is 5.26 Å². The largest absolute Gasteiger partial charge is 0.468 e. The highest BCUT2D eigenvalue weighted by molar-refractivity contribution is 5.76. The molecule has 0 amide bonds. The van der Waals surface area contributed by atoms with Gasteiger partial charge >= 0.3 is 5.97 Å². The van der Waals surface area contributed by atoms with Gasteiger partial charge < -0.3 is 9.84 Å². The molecule has 0 aromatic rings. The van der Waals surface area contributed by atoms with Crippen molar-refractivity contribution in [3.05, 3.63) is 0 Å². The van der Waals surface area contributed by atoms with Gasteiger partial charge in [-0.3, -0.25) is 10.1 Å². The zero-order valence-corrected chi connectivity index (χ0v) is 9.53. The molecule has 0 unspecified atom stereocenters. The number of aliphatic hydroxyl groups excluding tert-OH is 1. The van der Waals surface area contributed by atoms with Crippen LogP contribution in [0.4, 0.5) is 0 Å². The molecule has 0 radical (unpaired) electrons. The highest BCUT2D eigenvalue weighted by Crippen LogP contribution is 2.28. The number of hydrogen-bond donors (Lipinski definition) is 2. The Balaban J connectivity index is 2.67. The molecule has 0 saturated heterocycles. The zero-order valence-electron chi connectivity index (χ0n) is 9.53. The number of aliphatic hydroxyl groups is 1. The number of esters is 1. The Labute approximate surface area is 95.4 Å². The molecule has 1 fully saturated rings. The van der Waals surface area contributed by atoms with Crippen molar-refractivity contribution >= 4 is 5.97 Å². The Morgan fingerprint density at radius 3 is 2.62 bits per heavy atom. The van der Waals surface area contributed by atoms with Crippen LogP contribution in [0, 0.1) is 11.3 Å². The van der Waals surface area contributed by atoms with Crippen molar-refractivity contribution in [2.45, 2.75) is 43.7 Å². The maximum absolute atomic E-state index is 11.3. The molecule has 0 aromatic heterocycles. The summed E-state index contributed by atoms with van der Waals surface area (Å²) >= 11 is 0. The molecule has 0 aromatic carbocycles. The minimum absolute atomic E-state index is 0.351. The molecule has 90 valence electrons. The van der Waals surface area contributed by atoms with Crippen molar-refractivity contribution in [3.63, 3.8) is 0 Å². The molecular weight excluding hydrogens is 208 g/mol. The van der Waals surface area contributed by atoms with Crippen LogP contribution in [-0.2, 0) is 9.53 Å². The first kappa shape index (κ1) is 12.9. The van der Waals surface area contributed by atoms with Crippen LogP contribution in [0.25, 0.3) is 0 Å². The maximum atomic E-state index is 11.3. The van der Waals surface area contributed by atoms with Crippen molar-refractivity contribution in [2.24, 2.45) is 0 Å². The first-order valence-corrected chi connectivity index (χ1v) is 5.55. The number of hydrogen-bond acceptors (Lipinski definition) is 5. The van der Waals surface area contributed by atoms with Crippen molar-refractivity contribution in [1.29, 1.82) is 5.26 Å². The fraction of sp³-hybridized carbons (Fsp3) is 0.818. The highest BCUT2D eigenvalue weighted by Gasteiger charge is 2.36. The molecule has 1 aliphatic rings. The minimum atomic E-state index is -0.803. The number of ether oxygens (including phenoxy) is 1. The van der Waals surface area contributed by atoms with E-state index in [-0.39, 0.29) is 6.61 Å². The van der Waals surface area contributed by atoms with Gasteiger partial charge in [0.2, 0.25) is 0 Å². The average molecular weight is 226 g/mol. The smallest absolute Gasteiger partial charge is 0.325 e. The lowest BCUT2D eigenvalue weighted by Crippen LogP contribution is -2.55. The molecule has 1 atom stereocenters. The third-order valence-electron chi connectivity index (χ3n) is 3.04. The van der Waals surface area contributed by atoms with Crippen LogP contribution in [0.15, 0.2) is 0 Å². The summed E-state index contributed by atoms with van der Waals surface area (Å²) in [6.45, 7) is -0.351. The van der Waals surface area contributed by atoms with Crippen LogP contribution >= 0.6 is 0 Å². The third-order valence-corrected chi connectivity index (χ3v) is 3.04. The van der Waals surface area contributed by atoms with Gasteiger partial charge in [-0.15, -0.1) is 0 Å². The lowest BCUT2D eigenvalue weighted by atomic mass is 9.82. The van der Waals surface area contributed by atoms with Gasteiger partial charge in [-0.25, -0.2) is 0 Å². The molecule has 5 nitrogen and oxygen atoms in total. The third kappa shape index (κ3) is 2.94. The van der Waals surface area contributed by atoms with Gasteiger partial charge in [0.25, 0.3) is 0 Å². The van der Waals surface area contributed by atoms with Gasteiger partial charge in [0.05, 0.1) is 19.8 Å². The van der Waals surface area contributed by atoms with Crippen molar-refractivity contribution in [3.8, 4) is 6.07 Å². The lowest BCUT2D eigenvalue weighted by molar-refractivity contribution is -0.144. The monoisotopic (exact) mass is 226 g/mol. The number of methoxy groups -OCH3 is 1. The van der Waals surface area contributed by atoms with Crippen LogP contribution < -0.4 is 5.32 Å². The number of rotatable bonds is 4. The fourth-order valence-corrected chi connectivity index (χ4v) is 2.10. The van der Waals surface area contributed by atoms with E-state index in [1.807, 2.05) is 0 Å². The number of nitrogens with zero attached hydrogens (tertiary/aromatic N) is 1. The van der Waals surface area contributed by atoms with Gasteiger partial charge in [0.15, 0.2) is 0 Å². The summed E-state index contributed by atoms with van der Waals surface area (Å²) in [5.41, 5.74) is -0.681. The van der Waals surface area contributed by atoms with Gasteiger partial charge in [0, 0.05) is 0 Å². The van der Waals surface area contributed by atoms with Crippen LogP contribution in [0.5, 0.6) is 0 Å². The van der Waals surface area contributed by atoms with Crippen LogP contribution in [0.1, 0.15) is 32.1 Å². The maximum Gasteiger partial charge on any atom is 0.325 e. The summed E-state index contributed by atoms with van der Waals surface area (Å²) in [6.07, 6.45) is 4.50. The first-order chi connectivity index (χ1) is 7.67. The summed E-state index contributed by atoms with van der Waals surface area (Å²) in [7, 11) is 1.27.